The molecular weight excluding hydrogens is 268 g/mol. The van der Waals surface area contributed by atoms with E-state index >= 15 is 0 Å². The van der Waals surface area contributed by atoms with Gasteiger partial charge in [0.25, 0.3) is 0 Å². The van der Waals surface area contributed by atoms with Crippen molar-refractivity contribution in [2.75, 3.05) is 7.11 Å². The van der Waals surface area contributed by atoms with E-state index in [4.69, 9.17) is 16.3 Å². The molecule has 106 valence electrons. The molecule has 2 heteroatoms. The van der Waals surface area contributed by atoms with Gasteiger partial charge in [-0.25, -0.2) is 0 Å². The summed E-state index contributed by atoms with van der Waals surface area (Å²) in [6.07, 6.45) is 6.53. The van der Waals surface area contributed by atoms with E-state index in [0.29, 0.717) is 0 Å². The Morgan fingerprint density at radius 1 is 1.10 bits per heavy atom. The summed E-state index contributed by atoms with van der Waals surface area (Å²) in [7, 11) is 1.72. The van der Waals surface area contributed by atoms with Gasteiger partial charge in [0.05, 0.1) is 12.5 Å². The minimum atomic E-state index is 0.105. The first-order valence-corrected chi connectivity index (χ1v) is 7.93. The third-order valence-corrected chi connectivity index (χ3v) is 4.90. The summed E-state index contributed by atoms with van der Waals surface area (Å²) in [4.78, 5) is 0. The highest BCUT2D eigenvalue weighted by atomic mass is 35.5. The fourth-order valence-electron chi connectivity index (χ4n) is 3.41. The summed E-state index contributed by atoms with van der Waals surface area (Å²) in [5.74, 6) is 1.73. The summed E-state index contributed by atoms with van der Waals surface area (Å²) in [5.41, 5.74) is 1.25. The van der Waals surface area contributed by atoms with Crippen molar-refractivity contribution in [3.8, 4) is 5.75 Å². The molecule has 1 aliphatic rings. The molecule has 0 amide bonds. The molecule has 1 unspecified atom stereocenters. The number of ether oxygens (including phenoxy) is 1. The van der Waals surface area contributed by atoms with Gasteiger partial charge in [0, 0.05) is 5.39 Å². The average Bonchev–Trinajstić information content (AvgIpc) is 2.99. The van der Waals surface area contributed by atoms with Crippen molar-refractivity contribution < 1.29 is 4.74 Å². The van der Waals surface area contributed by atoms with Crippen LogP contribution in [0.5, 0.6) is 5.75 Å². The molecule has 0 aliphatic heterocycles. The Labute approximate surface area is 125 Å². The Morgan fingerprint density at radius 2 is 1.80 bits per heavy atom. The van der Waals surface area contributed by atoms with Crippen LogP contribution in [0.2, 0.25) is 0 Å². The first kappa shape index (κ1) is 13.8. The van der Waals surface area contributed by atoms with E-state index in [2.05, 4.69) is 30.3 Å². The lowest BCUT2D eigenvalue weighted by Gasteiger charge is -2.18. The van der Waals surface area contributed by atoms with Crippen molar-refractivity contribution >= 4 is 22.4 Å². The summed E-state index contributed by atoms with van der Waals surface area (Å²) in [6.45, 7) is 0. The maximum atomic E-state index is 6.72. The second-order valence-corrected chi connectivity index (χ2v) is 6.28. The van der Waals surface area contributed by atoms with Gasteiger partial charge in [-0.05, 0) is 29.4 Å². The predicted molar refractivity (Wildman–Crippen MR) is 85.7 cm³/mol. The summed E-state index contributed by atoms with van der Waals surface area (Å²) in [5, 5.41) is 2.49. The van der Waals surface area contributed by atoms with Crippen LogP contribution in [-0.2, 0) is 0 Å². The smallest absolute Gasteiger partial charge is 0.126 e. The highest BCUT2D eigenvalue weighted by Crippen LogP contribution is 2.40. The highest BCUT2D eigenvalue weighted by Gasteiger charge is 2.21. The molecule has 2 aromatic carbocycles. The normalized spacial score (nSPS) is 17.5. The molecule has 0 bridgehead atoms. The molecular formula is C18H21ClO. The van der Waals surface area contributed by atoms with Crippen LogP contribution in [0, 0.1) is 5.92 Å². The number of hydrogen-bond donors (Lipinski definition) is 0. The minimum absolute atomic E-state index is 0.105. The van der Waals surface area contributed by atoms with Crippen LogP contribution in [-0.4, -0.2) is 7.11 Å². The molecule has 1 fully saturated rings. The fourth-order valence-corrected chi connectivity index (χ4v) is 3.85. The zero-order valence-corrected chi connectivity index (χ0v) is 12.7. The van der Waals surface area contributed by atoms with Crippen molar-refractivity contribution in [2.24, 2.45) is 5.92 Å². The Morgan fingerprint density at radius 3 is 2.50 bits per heavy atom. The SMILES string of the molecule is COc1ccc(C(Cl)CC2CCCC2)c2ccccc12. The molecule has 1 atom stereocenters. The molecule has 0 N–H and O–H groups in total. The van der Waals surface area contributed by atoms with Gasteiger partial charge in [-0.1, -0.05) is 56.0 Å². The van der Waals surface area contributed by atoms with Crippen LogP contribution in [0.4, 0.5) is 0 Å². The zero-order chi connectivity index (χ0) is 13.9. The minimum Gasteiger partial charge on any atom is -0.496 e. The molecule has 0 spiro atoms. The maximum absolute atomic E-state index is 6.72. The summed E-state index contributed by atoms with van der Waals surface area (Å²) < 4.78 is 5.45. The van der Waals surface area contributed by atoms with Gasteiger partial charge >= 0.3 is 0 Å². The lowest BCUT2D eigenvalue weighted by molar-refractivity contribution is 0.419. The van der Waals surface area contributed by atoms with Crippen molar-refractivity contribution in [3.05, 3.63) is 42.0 Å². The Hall–Kier alpha value is -1.21. The van der Waals surface area contributed by atoms with E-state index in [1.165, 1.54) is 36.6 Å². The first-order chi connectivity index (χ1) is 9.79. The second-order valence-electron chi connectivity index (χ2n) is 5.76. The Bertz CT molecular complexity index is 587. The van der Waals surface area contributed by atoms with Gasteiger partial charge in [-0.3, -0.25) is 0 Å². The summed E-state index contributed by atoms with van der Waals surface area (Å²) >= 11 is 6.72. The number of rotatable bonds is 4. The molecule has 1 aliphatic carbocycles. The second kappa shape index (κ2) is 6.05. The highest BCUT2D eigenvalue weighted by molar-refractivity contribution is 6.22. The standard InChI is InChI=1S/C18H21ClO/c1-20-18-11-10-15(14-8-4-5-9-16(14)18)17(19)12-13-6-2-3-7-13/h4-5,8-11,13,17H,2-3,6-7,12H2,1H3. The van der Waals surface area contributed by atoms with Crippen molar-refractivity contribution in [3.63, 3.8) is 0 Å². The lowest BCUT2D eigenvalue weighted by Crippen LogP contribution is -2.01. The number of benzene rings is 2. The van der Waals surface area contributed by atoms with Crippen molar-refractivity contribution in [2.45, 2.75) is 37.5 Å². The quantitative estimate of drug-likeness (QED) is 0.655. The topological polar surface area (TPSA) is 9.23 Å². The van der Waals surface area contributed by atoms with Gasteiger partial charge < -0.3 is 4.74 Å². The van der Waals surface area contributed by atoms with Crippen LogP contribution in [0.1, 0.15) is 43.0 Å². The van der Waals surface area contributed by atoms with Crippen LogP contribution in [0.15, 0.2) is 36.4 Å². The molecule has 3 rings (SSSR count). The summed E-state index contributed by atoms with van der Waals surface area (Å²) in [6, 6.07) is 12.6. The molecule has 0 heterocycles. The molecule has 0 radical (unpaired) electrons. The third kappa shape index (κ3) is 2.64. The van der Waals surface area contributed by atoms with Crippen LogP contribution in [0.25, 0.3) is 10.8 Å². The fraction of sp³-hybridized carbons (Fsp3) is 0.444. The van der Waals surface area contributed by atoms with Crippen LogP contribution in [0.3, 0.4) is 0 Å². The van der Waals surface area contributed by atoms with E-state index in [-0.39, 0.29) is 5.38 Å². The molecule has 1 saturated carbocycles. The van der Waals surface area contributed by atoms with Crippen LogP contribution < -0.4 is 4.74 Å². The van der Waals surface area contributed by atoms with Gasteiger partial charge in [0.1, 0.15) is 5.75 Å². The van der Waals surface area contributed by atoms with Gasteiger partial charge in [-0.15, -0.1) is 11.6 Å². The van der Waals surface area contributed by atoms with E-state index < -0.39 is 0 Å². The molecule has 2 aromatic rings. The van der Waals surface area contributed by atoms with Crippen molar-refractivity contribution in [1.82, 2.24) is 0 Å². The number of methoxy groups -OCH3 is 1. The third-order valence-electron chi connectivity index (χ3n) is 4.49. The molecule has 0 aromatic heterocycles. The predicted octanol–water partition coefficient (Wildman–Crippen LogP) is 5.71. The number of fused-ring (bicyclic) bond motifs is 1. The molecule has 1 nitrogen and oxygen atoms in total. The van der Waals surface area contributed by atoms with E-state index in [1.807, 2.05) is 6.07 Å². The van der Waals surface area contributed by atoms with E-state index in [0.717, 1.165) is 23.5 Å². The van der Waals surface area contributed by atoms with Gasteiger partial charge in [-0.2, -0.15) is 0 Å². The molecule has 20 heavy (non-hydrogen) atoms. The Kier molecular flexibility index (Phi) is 4.16. The van der Waals surface area contributed by atoms with Gasteiger partial charge in [0.15, 0.2) is 0 Å². The van der Waals surface area contributed by atoms with E-state index in [9.17, 15) is 0 Å². The number of halogens is 1. The zero-order valence-electron chi connectivity index (χ0n) is 11.9. The number of alkyl halides is 1. The molecule has 0 saturated heterocycles. The first-order valence-electron chi connectivity index (χ1n) is 7.49. The largest absolute Gasteiger partial charge is 0.496 e. The monoisotopic (exact) mass is 288 g/mol. The van der Waals surface area contributed by atoms with E-state index in [1.54, 1.807) is 7.11 Å². The van der Waals surface area contributed by atoms with Crippen molar-refractivity contribution in [1.29, 1.82) is 0 Å². The maximum Gasteiger partial charge on any atom is 0.126 e. The average molecular weight is 289 g/mol. The van der Waals surface area contributed by atoms with Crippen LogP contribution >= 0.6 is 11.6 Å². The van der Waals surface area contributed by atoms with Gasteiger partial charge in [0.2, 0.25) is 0 Å². The Balaban J connectivity index is 1.94. The number of hydrogen-bond acceptors (Lipinski definition) is 1. The lowest BCUT2D eigenvalue weighted by atomic mass is 9.94.